The van der Waals surface area contributed by atoms with Crippen molar-refractivity contribution >= 4 is 22.0 Å². The second kappa shape index (κ2) is 7.20. The van der Waals surface area contributed by atoms with Crippen molar-refractivity contribution < 1.29 is 32.6 Å². The monoisotopic (exact) mass is 269 g/mol. The lowest BCUT2D eigenvalue weighted by molar-refractivity contribution is -0.149. The minimum Gasteiger partial charge on any atom is -0.469 e. The summed E-state index contributed by atoms with van der Waals surface area (Å²) < 4.78 is 33.0. The number of aliphatic hydroxyl groups excluding tert-OH is 1. The number of hydrogen-bond acceptors (Lipinski definition) is 7. The predicted molar refractivity (Wildman–Crippen MR) is 56.4 cm³/mol. The summed E-state index contributed by atoms with van der Waals surface area (Å²) in [6, 6.07) is 0. The zero-order chi connectivity index (χ0) is 13.5. The van der Waals surface area contributed by atoms with Crippen molar-refractivity contribution in [2.45, 2.75) is 12.5 Å². The smallest absolute Gasteiger partial charge is 0.336 e. The Labute approximate surface area is 98.9 Å². The Hall–Kier alpha value is -1.19. The summed E-state index contributed by atoms with van der Waals surface area (Å²) in [4.78, 5) is 21.5. The van der Waals surface area contributed by atoms with E-state index in [-0.39, 0.29) is 6.42 Å². The van der Waals surface area contributed by atoms with Gasteiger partial charge in [-0.25, -0.2) is 17.9 Å². The van der Waals surface area contributed by atoms with Gasteiger partial charge in [-0.05, 0) is 0 Å². The molecular weight excluding hydrogens is 254 g/mol. The first-order valence-electron chi connectivity index (χ1n) is 4.62. The molecule has 0 heterocycles. The molecule has 17 heavy (non-hydrogen) atoms. The van der Waals surface area contributed by atoms with Crippen LogP contribution >= 0.6 is 0 Å². The predicted octanol–water partition coefficient (Wildman–Crippen LogP) is -2.00. The van der Waals surface area contributed by atoms with E-state index >= 15 is 0 Å². The Morgan fingerprint density at radius 2 is 1.88 bits per heavy atom. The van der Waals surface area contributed by atoms with Gasteiger partial charge >= 0.3 is 11.9 Å². The molecule has 2 N–H and O–H groups in total. The van der Waals surface area contributed by atoms with Gasteiger partial charge in [-0.1, -0.05) is 0 Å². The van der Waals surface area contributed by atoms with Gasteiger partial charge in [0.05, 0.1) is 26.4 Å². The highest BCUT2D eigenvalue weighted by Crippen LogP contribution is 1.93. The Morgan fingerprint density at radius 3 is 2.35 bits per heavy atom. The van der Waals surface area contributed by atoms with Gasteiger partial charge in [0, 0.05) is 6.54 Å². The van der Waals surface area contributed by atoms with Crippen LogP contribution in [0.25, 0.3) is 0 Å². The van der Waals surface area contributed by atoms with E-state index < -0.39 is 40.4 Å². The van der Waals surface area contributed by atoms with Gasteiger partial charge in [0.1, 0.15) is 0 Å². The summed E-state index contributed by atoms with van der Waals surface area (Å²) in [5, 5.41) is 9.11. The highest BCUT2D eigenvalue weighted by molar-refractivity contribution is 7.89. The normalized spacial score (nSPS) is 12.9. The third-order valence-corrected chi connectivity index (χ3v) is 3.12. The number of esters is 2. The van der Waals surface area contributed by atoms with Crippen LogP contribution < -0.4 is 4.72 Å². The molecule has 0 aliphatic rings. The molecule has 0 aromatic carbocycles. The molecule has 0 aromatic rings. The number of carbonyl (C=O) groups excluding carboxylic acids is 2. The van der Waals surface area contributed by atoms with Crippen molar-refractivity contribution in [3.63, 3.8) is 0 Å². The molecular formula is C8H15NO7S. The van der Waals surface area contributed by atoms with E-state index in [1.165, 1.54) is 0 Å². The fraction of sp³-hybridized carbons (Fsp3) is 0.750. The fourth-order valence-electron chi connectivity index (χ4n) is 0.817. The van der Waals surface area contributed by atoms with Crippen LogP contribution in [0.15, 0.2) is 0 Å². The summed E-state index contributed by atoms with van der Waals surface area (Å²) in [6.45, 7) is -0.504. The lowest BCUT2D eigenvalue weighted by Crippen LogP contribution is -2.38. The molecule has 0 aromatic heterocycles. The lowest BCUT2D eigenvalue weighted by atomic mass is 10.4. The van der Waals surface area contributed by atoms with E-state index in [1.807, 2.05) is 4.72 Å². The molecule has 8 nitrogen and oxygen atoms in total. The topological polar surface area (TPSA) is 119 Å². The third kappa shape index (κ3) is 6.87. The average molecular weight is 269 g/mol. The van der Waals surface area contributed by atoms with Crippen molar-refractivity contribution in [1.82, 2.24) is 4.72 Å². The molecule has 0 amide bonds. The van der Waals surface area contributed by atoms with Gasteiger partial charge in [-0.3, -0.25) is 4.79 Å². The highest BCUT2D eigenvalue weighted by Gasteiger charge is 2.19. The summed E-state index contributed by atoms with van der Waals surface area (Å²) in [5.41, 5.74) is 0. The van der Waals surface area contributed by atoms with Crippen LogP contribution in [0.3, 0.4) is 0 Å². The molecule has 1 atom stereocenters. The fourth-order valence-corrected chi connectivity index (χ4v) is 1.81. The first kappa shape index (κ1) is 15.8. The summed E-state index contributed by atoms with van der Waals surface area (Å²) >= 11 is 0. The number of aliphatic hydroxyl groups is 1. The molecule has 100 valence electrons. The molecule has 0 saturated heterocycles. The van der Waals surface area contributed by atoms with Crippen molar-refractivity contribution in [3.8, 4) is 0 Å². The molecule has 0 saturated carbocycles. The molecule has 0 spiro atoms. The molecule has 0 fully saturated rings. The van der Waals surface area contributed by atoms with Crippen LogP contribution in [0.5, 0.6) is 0 Å². The molecule has 0 aliphatic heterocycles. The van der Waals surface area contributed by atoms with Gasteiger partial charge in [0.25, 0.3) is 0 Å². The van der Waals surface area contributed by atoms with Crippen LogP contribution in [-0.4, -0.2) is 58.1 Å². The van der Waals surface area contributed by atoms with Gasteiger partial charge in [0.15, 0.2) is 6.10 Å². The maximum atomic E-state index is 11.3. The minimum atomic E-state index is -3.74. The van der Waals surface area contributed by atoms with E-state index in [2.05, 4.69) is 9.47 Å². The molecule has 0 aliphatic carbocycles. The largest absolute Gasteiger partial charge is 0.469 e. The first-order valence-corrected chi connectivity index (χ1v) is 6.27. The summed E-state index contributed by atoms with van der Waals surface area (Å²) in [6.07, 6.45) is -1.88. The third-order valence-electron chi connectivity index (χ3n) is 1.77. The number of methoxy groups -OCH3 is 2. The van der Waals surface area contributed by atoms with Crippen molar-refractivity contribution in [1.29, 1.82) is 0 Å². The van der Waals surface area contributed by atoms with E-state index in [1.54, 1.807) is 0 Å². The van der Waals surface area contributed by atoms with Gasteiger partial charge in [-0.15, -0.1) is 0 Å². The van der Waals surface area contributed by atoms with Crippen LogP contribution in [0, 0.1) is 0 Å². The lowest BCUT2D eigenvalue weighted by Gasteiger charge is -2.09. The number of hydrogen-bond donors (Lipinski definition) is 2. The van der Waals surface area contributed by atoms with Crippen molar-refractivity contribution in [3.05, 3.63) is 0 Å². The average Bonchev–Trinajstić information content (AvgIpc) is 2.32. The van der Waals surface area contributed by atoms with E-state index in [0.29, 0.717) is 0 Å². The Bertz CT molecular complexity index is 364. The number of sulfonamides is 1. The van der Waals surface area contributed by atoms with Gasteiger partial charge in [-0.2, -0.15) is 0 Å². The maximum absolute atomic E-state index is 11.3. The zero-order valence-corrected chi connectivity index (χ0v) is 10.3. The molecule has 9 heteroatoms. The molecule has 0 bridgehead atoms. The van der Waals surface area contributed by atoms with Crippen LogP contribution in [0.2, 0.25) is 0 Å². The maximum Gasteiger partial charge on any atom is 0.336 e. The zero-order valence-electron chi connectivity index (χ0n) is 9.50. The molecule has 0 rings (SSSR count). The van der Waals surface area contributed by atoms with Crippen LogP contribution in [-0.2, 0) is 29.1 Å². The van der Waals surface area contributed by atoms with Crippen molar-refractivity contribution in [2.75, 3.05) is 26.5 Å². The molecule has 0 radical (unpaired) electrons. The van der Waals surface area contributed by atoms with E-state index in [0.717, 1.165) is 14.2 Å². The molecule has 1 unspecified atom stereocenters. The van der Waals surface area contributed by atoms with Crippen molar-refractivity contribution in [2.24, 2.45) is 0 Å². The van der Waals surface area contributed by atoms with Gasteiger partial charge < -0.3 is 14.6 Å². The summed E-state index contributed by atoms with van der Waals surface area (Å²) in [7, 11) is -1.53. The first-order chi connectivity index (χ1) is 7.82. The summed E-state index contributed by atoms with van der Waals surface area (Å²) in [5.74, 6) is -2.09. The number of ether oxygens (including phenoxy) is 2. The van der Waals surface area contributed by atoms with Crippen LogP contribution in [0.1, 0.15) is 6.42 Å². The number of nitrogens with one attached hydrogen (secondary N) is 1. The van der Waals surface area contributed by atoms with Crippen LogP contribution in [0.4, 0.5) is 0 Å². The van der Waals surface area contributed by atoms with E-state index in [4.69, 9.17) is 5.11 Å². The van der Waals surface area contributed by atoms with E-state index in [9.17, 15) is 18.0 Å². The second-order valence-electron chi connectivity index (χ2n) is 3.03. The highest BCUT2D eigenvalue weighted by atomic mass is 32.2. The quantitative estimate of drug-likeness (QED) is 0.513. The Morgan fingerprint density at radius 1 is 1.29 bits per heavy atom. The number of rotatable bonds is 7. The Balaban J connectivity index is 4.10. The second-order valence-corrected chi connectivity index (χ2v) is 4.96. The number of carbonyl (C=O) groups is 2. The minimum absolute atomic E-state index is 0.305. The Kier molecular flexibility index (Phi) is 6.69. The van der Waals surface area contributed by atoms with Gasteiger partial charge in [0.2, 0.25) is 10.0 Å². The standard InChI is InChI=1S/C8H15NO7S/c1-15-7(11)3-4-17(13,14)9-5-6(10)8(12)16-2/h6,9-10H,3-5H2,1-2H3. The SMILES string of the molecule is COC(=O)CCS(=O)(=O)NCC(O)C(=O)OC.